The third-order valence-corrected chi connectivity index (χ3v) is 4.16. The number of nitro groups is 1. The maximum atomic E-state index is 12.7. The van der Waals surface area contributed by atoms with Crippen LogP contribution in [-0.4, -0.2) is 39.0 Å². The van der Waals surface area contributed by atoms with Crippen LogP contribution in [0.2, 0.25) is 0 Å². The third-order valence-electron chi connectivity index (χ3n) is 4.16. The molecule has 1 aliphatic heterocycles. The number of hydrogen-bond donors (Lipinski definition) is 0. The number of aryl methyl sites for hydroxylation is 1. The number of piperidine rings is 1. The molecule has 1 saturated heterocycles. The number of non-ortho nitro benzene ring substituents is 1. The van der Waals surface area contributed by atoms with Gasteiger partial charge in [-0.05, 0) is 18.9 Å². The van der Waals surface area contributed by atoms with E-state index in [0.717, 1.165) is 12.8 Å². The Balaban J connectivity index is 1.75. The molecule has 1 aliphatic rings. The average Bonchev–Trinajstić information content (AvgIpc) is 3.10. The summed E-state index contributed by atoms with van der Waals surface area (Å²) in [5.41, 5.74) is 0.243. The summed E-state index contributed by atoms with van der Waals surface area (Å²) in [5, 5.41) is 14.9. The molecule has 0 N–H and O–H groups in total. The maximum absolute atomic E-state index is 12.7. The second-order valence-electron chi connectivity index (χ2n) is 5.80. The number of nitro benzene ring substituents is 1. The van der Waals surface area contributed by atoms with Crippen molar-refractivity contribution in [2.45, 2.75) is 32.1 Å². The van der Waals surface area contributed by atoms with Crippen molar-refractivity contribution < 1.29 is 14.2 Å². The van der Waals surface area contributed by atoms with Crippen molar-refractivity contribution >= 4 is 11.6 Å². The lowest BCUT2D eigenvalue weighted by Gasteiger charge is -2.31. The molecule has 1 aromatic carbocycles. The van der Waals surface area contributed by atoms with Crippen LogP contribution in [0.15, 0.2) is 28.8 Å². The van der Waals surface area contributed by atoms with Gasteiger partial charge in [0.2, 0.25) is 5.89 Å². The molecule has 126 valence electrons. The molecule has 1 amide bonds. The summed E-state index contributed by atoms with van der Waals surface area (Å²) in [4.78, 5) is 29.1. The molecular formula is C16H18N4O4. The van der Waals surface area contributed by atoms with Crippen molar-refractivity contribution in [1.29, 1.82) is 0 Å². The standard InChI is InChI=1S/C16H18N4O4/c1-2-14-17-15(18-24-14)12-6-4-8-19(10-12)16(21)11-5-3-7-13(9-11)20(22)23/h3,5,7,9,12H,2,4,6,8,10H2,1H3/t12-/m1/s1. The van der Waals surface area contributed by atoms with E-state index >= 15 is 0 Å². The van der Waals surface area contributed by atoms with Crippen molar-refractivity contribution in [2.75, 3.05) is 13.1 Å². The zero-order valence-electron chi connectivity index (χ0n) is 13.3. The second-order valence-corrected chi connectivity index (χ2v) is 5.80. The van der Waals surface area contributed by atoms with Crippen LogP contribution >= 0.6 is 0 Å². The van der Waals surface area contributed by atoms with Gasteiger partial charge in [-0.1, -0.05) is 18.1 Å². The molecule has 8 nitrogen and oxygen atoms in total. The summed E-state index contributed by atoms with van der Waals surface area (Å²) in [7, 11) is 0. The van der Waals surface area contributed by atoms with E-state index in [2.05, 4.69) is 10.1 Å². The highest BCUT2D eigenvalue weighted by atomic mass is 16.6. The Morgan fingerprint density at radius 2 is 2.33 bits per heavy atom. The van der Waals surface area contributed by atoms with Gasteiger partial charge >= 0.3 is 0 Å². The summed E-state index contributed by atoms with van der Waals surface area (Å²) >= 11 is 0. The fraction of sp³-hybridized carbons (Fsp3) is 0.438. The lowest BCUT2D eigenvalue weighted by Crippen LogP contribution is -2.39. The Kier molecular flexibility index (Phi) is 4.54. The zero-order valence-corrected chi connectivity index (χ0v) is 13.3. The number of hydrogen-bond acceptors (Lipinski definition) is 6. The lowest BCUT2D eigenvalue weighted by atomic mass is 9.96. The van der Waals surface area contributed by atoms with Gasteiger partial charge in [-0.2, -0.15) is 4.98 Å². The number of rotatable bonds is 4. The first kappa shape index (κ1) is 16.1. The zero-order chi connectivity index (χ0) is 17.1. The minimum atomic E-state index is -0.499. The molecule has 0 radical (unpaired) electrons. The molecule has 0 unspecified atom stereocenters. The first-order chi connectivity index (χ1) is 11.6. The molecule has 1 atom stereocenters. The fourth-order valence-electron chi connectivity index (χ4n) is 2.88. The van der Waals surface area contributed by atoms with Gasteiger partial charge in [0.1, 0.15) is 0 Å². The number of aromatic nitrogens is 2. The van der Waals surface area contributed by atoms with Gasteiger partial charge < -0.3 is 9.42 Å². The van der Waals surface area contributed by atoms with Gasteiger partial charge in [0.05, 0.1) is 4.92 Å². The molecular weight excluding hydrogens is 312 g/mol. The van der Waals surface area contributed by atoms with Gasteiger partial charge in [-0.25, -0.2) is 0 Å². The third kappa shape index (κ3) is 3.27. The minimum absolute atomic E-state index is 0.0328. The molecule has 0 saturated carbocycles. The first-order valence-electron chi connectivity index (χ1n) is 7.94. The molecule has 0 aliphatic carbocycles. The highest BCUT2D eigenvalue weighted by Gasteiger charge is 2.28. The van der Waals surface area contributed by atoms with Gasteiger partial charge in [0.15, 0.2) is 5.82 Å². The van der Waals surface area contributed by atoms with Crippen LogP contribution in [0.25, 0.3) is 0 Å². The van der Waals surface area contributed by atoms with Crippen molar-refractivity contribution in [3.05, 3.63) is 51.7 Å². The van der Waals surface area contributed by atoms with E-state index in [9.17, 15) is 14.9 Å². The number of likely N-dealkylation sites (tertiary alicyclic amines) is 1. The highest BCUT2D eigenvalue weighted by Crippen LogP contribution is 2.26. The predicted molar refractivity (Wildman–Crippen MR) is 84.7 cm³/mol. The molecule has 3 rings (SSSR count). The minimum Gasteiger partial charge on any atom is -0.339 e. The molecule has 0 spiro atoms. The number of benzene rings is 1. The van der Waals surface area contributed by atoms with Crippen LogP contribution < -0.4 is 0 Å². The van der Waals surface area contributed by atoms with Crippen molar-refractivity contribution in [3.63, 3.8) is 0 Å². The smallest absolute Gasteiger partial charge is 0.270 e. The van der Waals surface area contributed by atoms with E-state index in [1.165, 1.54) is 18.2 Å². The first-order valence-corrected chi connectivity index (χ1v) is 7.94. The lowest BCUT2D eigenvalue weighted by molar-refractivity contribution is -0.384. The molecule has 24 heavy (non-hydrogen) atoms. The van der Waals surface area contributed by atoms with Crippen LogP contribution in [0.5, 0.6) is 0 Å². The number of carbonyl (C=O) groups excluding carboxylic acids is 1. The average molecular weight is 330 g/mol. The Morgan fingerprint density at radius 3 is 3.04 bits per heavy atom. The molecule has 8 heteroatoms. The SMILES string of the molecule is CCc1nc([C@@H]2CCCN(C(=O)c3cccc([N+](=O)[O-])c3)C2)no1. The van der Waals surface area contributed by atoms with Gasteiger partial charge in [-0.3, -0.25) is 14.9 Å². The van der Waals surface area contributed by atoms with Gasteiger partial charge in [0.25, 0.3) is 11.6 Å². The predicted octanol–water partition coefficient (Wildman–Crippen LogP) is 2.56. The highest BCUT2D eigenvalue weighted by molar-refractivity contribution is 5.94. The van der Waals surface area contributed by atoms with E-state index in [-0.39, 0.29) is 17.5 Å². The van der Waals surface area contributed by atoms with E-state index in [1.807, 2.05) is 6.92 Å². The number of amides is 1. The largest absolute Gasteiger partial charge is 0.339 e. The molecule has 1 fully saturated rings. The second kappa shape index (κ2) is 6.77. The van der Waals surface area contributed by atoms with E-state index in [0.29, 0.717) is 36.8 Å². The van der Waals surface area contributed by atoms with Crippen molar-refractivity contribution in [3.8, 4) is 0 Å². The van der Waals surface area contributed by atoms with E-state index < -0.39 is 4.92 Å². The van der Waals surface area contributed by atoms with Crippen molar-refractivity contribution in [2.24, 2.45) is 0 Å². The normalized spacial score (nSPS) is 17.7. The van der Waals surface area contributed by atoms with Crippen LogP contribution in [0.4, 0.5) is 5.69 Å². The van der Waals surface area contributed by atoms with Crippen molar-refractivity contribution in [1.82, 2.24) is 15.0 Å². The van der Waals surface area contributed by atoms with Gasteiger partial charge in [0, 0.05) is 43.1 Å². The van der Waals surface area contributed by atoms with Crippen LogP contribution in [0, 0.1) is 10.1 Å². The maximum Gasteiger partial charge on any atom is 0.270 e. The summed E-state index contributed by atoms with van der Waals surface area (Å²) in [6.07, 6.45) is 2.40. The number of nitrogens with zero attached hydrogens (tertiary/aromatic N) is 4. The Bertz CT molecular complexity index is 758. The quantitative estimate of drug-likeness (QED) is 0.630. The van der Waals surface area contributed by atoms with E-state index in [1.54, 1.807) is 11.0 Å². The molecule has 0 bridgehead atoms. The summed E-state index contributed by atoms with van der Waals surface area (Å²) in [5.74, 6) is 1.04. The summed E-state index contributed by atoms with van der Waals surface area (Å²) < 4.78 is 5.15. The monoisotopic (exact) mass is 330 g/mol. The van der Waals surface area contributed by atoms with Gasteiger partial charge in [-0.15, -0.1) is 0 Å². The number of carbonyl (C=O) groups is 1. The molecule has 2 aromatic rings. The topological polar surface area (TPSA) is 102 Å². The summed E-state index contributed by atoms with van der Waals surface area (Å²) in [6, 6.07) is 5.82. The summed E-state index contributed by atoms with van der Waals surface area (Å²) in [6.45, 7) is 3.05. The van der Waals surface area contributed by atoms with Crippen LogP contribution in [0.1, 0.15) is 47.8 Å². The van der Waals surface area contributed by atoms with Crippen LogP contribution in [-0.2, 0) is 6.42 Å². The molecule has 1 aromatic heterocycles. The van der Waals surface area contributed by atoms with Crippen LogP contribution in [0.3, 0.4) is 0 Å². The fourth-order valence-corrected chi connectivity index (χ4v) is 2.88. The molecule has 2 heterocycles. The Hall–Kier alpha value is -2.77. The Labute approximate surface area is 138 Å². The Morgan fingerprint density at radius 1 is 1.50 bits per heavy atom. The van der Waals surface area contributed by atoms with E-state index in [4.69, 9.17) is 4.52 Å².